The zero-order chi connectivity index (χ0) is 10.7. The maximum absolute atomic E-state index is 5.85. The second kappa shape index (κ2) is 4.17. The van der Waals surface area contributed by atoms with Gasteiger partial charge in [-0.25, -0.2) is 4.98 Å². The molecule has 0 unspecified atom stereocenters. The van der Waals surface area contributed by atoms with E-state index in [-0.39, 0.29) is 0 Å². The van der Waals surface area contributed by atoms with E-state index in [1.165, 1.54) is 0 Å². The van der Waals surface area contributed by atoms with E-state index in [1.54, 1.807) is 6.26 Å². The Labute approximate surface area is 88.9 Å². The Bertz CT molecular complexity index is 448. The Morgan fingerprint density at radius 3 is 2.87 bits per heavy atom. The summed E-state index contributed by atoms with van der Waals surface area (Å²) in [5, 5.41) is 0. The van der Waals surface area contributed by atoms with Gasteiger partial charge in [-0.3, -0.25) is 0 Å². The topological polar surface area (TPSA) is 52.0 Å². The molecule has 2 aromatic rings. The second-order valence-corrected chi connectivity index (χ2v) is 3.46. The van der Waals surface area contributed by atoms with Crippen LogP contribution in [0.3, 0.4) is 0 Å². The quantitative estimate of drug-likeness (QED) is 0.778. The van der Waals surface area contributed by atoms with Crippen molar-refractivity contribution in [3.8, 4) is 11.3 Å². The summed E-state index contributed by atoms with van der Waals surface area (Å²) in [6.45, 7) is 2.10. The predicted molar refractivity (Wildman–Crippen MR) is 60.3 cm³/mol. The molecular weight excluding hydrogens is 188 g/mol. The molecule has 0 aliphatic carbocycles. The highest BCUT2D eigenvalue weighted by atomic mass is 16.3. The van der Waals surface area contributed by atoms with Crippen LogP contribution in [0.15, 0.2) is 34.9 Å². The first-order chi connectivity index (χ1) is 7.31. The van der Waals surface area contributed by atoms with Gasteiger partial charge in [0.25, 0.3) is 0 Å². The van der Waals surface area contributed by atoms with Crippen molar-refractivity contribution in [2.75, 3.05) is 5.73 Å². The molecule has 15 heavy (non-hydrogen) atoms. The molecule has 0 fully saturated rings. The van der Waals surface area contributed by atoms with Gasteiger partial charge >= 0.3 is 0 Å². The number of oxazole rings is 1. The van der Waals surface area contributed by atoms with Gasteiger partial charge in [0.1, 0.15) is 12.0 Å². The van der Waals surface area contributed by atoms with Gasteiger partial charge in [-0.15, -0.1) is 0 Å². The first-order valence-electron chi connectivity index (χ1n) is 5.10. The maximum atomic E-state index is 5.85. The lowest BCUT2D eigenvalue weighted by molar-refractivity contribution is 0.491. The summed E-state index contributed by atoms with van der Waals surface area (Å²) < 4.78 is 5.35. The number of aryl methyl sites for hydroxylation is 1. The summed E-state index contributed by atoms with van der Waals surface area (Å²) in [6, 6.07) is 7.66. The average molecular weight is 202 g/mol. The molecular formula is C12H14N2O. The maximum Gasteiger partial charge on any atom is 0.194 e. The van der Waals surface area contributed by atoms with Crippen molar-refractivity contribution in [2.24, 2.45) is 0 Å². The predicted octanol–water partition coefficient (Wildman–Crippen LogP) is 2.88. The SMILES string of the molecule is CCCc1nc(-c2ccccc2N)co1. The van der Waals surface area contributed by atoms with Crippen LogP contribution < -0.4 is 5.73 Å². The van der Waals surface area contributed by atoms with Gasteiger partial charge in [-0.1, -0.05) is 25.1 Å². The summed E-state index contributed by atoms with van der Waals surface area (Å²) >= 11 is 0. The highest BCUT2D eigenvalue weighted by Gasteiger charge is 2.07. The Kier molecular flexibility index (Phi) is 2.72. The van der Waals surface area contributed by atoms with E-state index in [2.05, 4.69) is 11.9 Å². The van der Waals surface area contributed by atoms with Gasteiger partial charge in [0.15, 0.2) is 5.89 Å². The van der Waals surface area contributed by atoms with E-state index in [1.807, 2.05) is 24.3 Å². The molecule has 0 saturated heterocycles. The summed E-state index contributed by atoms with van der Waals surface area (Å²) in [5.41, 5.74) is 8.33. The Morgan fingerprint density at radius 2 is 2.13 bits per heavy atom. The molecule has 3 heteroatoms. The molecule has 1 aromatic heterocycles. The third-order valence-corrected chi connectivity index (χ3v) is 2.25. The first-order valence-corrected chi connectivity index (χ1v) is 5.10. The minimum Gasteiger partial charge on any atom is -0.448 e. The fourth-order valence-electron chi connectivity index (χ4n) is 1.49. The number of nitrogens with two attached hydrogens (primary N) is 1. The fourth-order valence-corrected chi connectivity index (χ4v) is 1.49. The number of para-hydroxylation sites is 1. The number of aromatic nitrogens is 1. The molecule has 0 bridgehead atoms. The lowest BCUT2D eigenvalue weighted by Gasteiger charge is -1.99. The molecule has 0 saturated carbocycles. The summed E-state index contributed by atoms with van der Waals surface area (Å²) in [6.07, 6.45) is 3.56. The second-order valence-electron chi connectivity index (χ2n) is 3.46. The highest BCUT2D eigenvalue weighted by molar-refractivity contribution is 5.72. The molecule has 3 nitrogen and oxygen atoms in total. The monoisotopic (exact) mass is 202 g/mol. The molecule has 0 atom stereocenters. The van der Waals surface area contributed by atoms with E-state index in [4.69, 9.17) is 10.2 Å². The summed E-state index contributed by atoms with van der Waals surface area (Å²) in [5.74, 6) is 0.774. The van der Waals surface area contributed by atoms with Gasteiger partial charge in [-0.2, -0.15) is 0 Å². The number of hydrogen-bond donors (Lipinski definition) is 1. The number of rotatable bonds is 3. The van der Waals surface area contributed by atoms with Crippen LogP contribution >= 0.6 is 0 Å². The number of benzene rings is 1. The van der Waals surface area contributed by atoms with Crippen molar-refractivity contribution in [1.29, 1.82) is 0 Å². The summed E-state index contributed by atoms with van der Waals surface area (Å²) in [7, 11) is 0. The van der Waals surface area contributed by atoms with Crippen molar-refractivity contribution < 1.29 is 4.42 Å². The van der Waals surface area contributed by atoms with E-state index in [0.29, 0.717) is 0 Å². The fraction of sp³-hybridized carbons (Fsp3) is 0.250. The average Bonchev–Trinajstić information content (AvgIpc) is 2.68. The molecule has 2 rings (SSSR count). The number of nitrogens with zero attached hydrogens (tertiary/aromatic N) is 1. The van der Waals surface area contributed by atoms with Crippen LogP contribution in [0.5, 0.6) is 0 Å². The van der Waals surface area contributed by atoms with Crippen molar-refractivity contribution in [3.63, 3.8) is 0 Å². The Morgan fingerprint density at radius 1 is 1.33 bits per heavy atom. The highest BCUT2D eigenvalue weighted by Crippen LogP contribution is 2.24. The Balaban J connectivity index is 2.33. The van der Waals surface area contributed by atoms with Crippen LogP contribution in [0.25, 0.3) is 11.3 Å². The minimum atomic E-state index is 0.730. The number of hydrogen-bond acceptors (Lipinski definition) is 3. The summed E-state index contributed by atoms with van der Waals surface area (Å²) in [4.78, 5) is 4.38. The normalized spacial score (nSPS) is 10.5. The van der Waals surface area contributed by atoms with Crippen LogP contribution in [-0.2, 0) is 6.42 Å². The molecule has 2 N–H and O–H groups in total. The van der Waals surface area contributed by atoms with Crippen LogP contribution in [0.1, 0.15) is 19.2 Å². The van der Waals surface area contributed by atoms with E-state index < -0.39 is 0 Å². The van der Waals surface area contributed by atoms with Crippen molar-refractivity contribution in [1.82, 2.24) is 4.98 Å². The lowest BCUT2D eigenvalue weighted by atomic mass is 10.1. The molecule has 0 spiro atoms. The van der Waals surface area contributed by atoms with Gasteiger partial charge < -0.3 is 10.2 Å². The zero-order valence-corrected chi connectivity index (χ0v) is 8.73. The number of anilines is 1. The van der Waals surface area contributed by atoms with Gasteiger partial charge in [0.05, 0.1) is 0 Å². The minimum absolute atomic E-state index is 0.730. The molecule has 0 amide bonds. The van der Waals surface area contributed by atoms with Crippen LogP contribution in [0.4, 0.5) is 5.69 Å². The molecule has 78 valence electrons. The van der Waals surface area contributed by atoms with Crippen LogP contribution in [0.2, 0.25) is 0 Å². The van der Waals surface area contributed by atoms with Gasteiger partial charge in [0.2, 0.25) is 0 Å². The zero-order valence-electron chi connectivity index (χ0n) is 8.73. The van der Waals surface area contributed by atoms with Crippen LogP contribution in [-0.4, -0.2) is 4.98 Å². The largest absolute Gasteiger partial charge is 0.448 e. The van der Waals surface area contributed by atoms with Crippen LogP contribution in [0, 0.1) is 0 Å². The van der Waals surface area contributed by atoms with Crippen molar-refractivity contribution in [2.45, 2.75) is 19.8 Å². The van der Waals surface area contributed by atoms with Gasteiger partial charge in [-0.05, 0) is 12.5 Å². The standard InChI is InChI=1S/C12H14N2O/c1-2-5-12-14-11(8-15-12)9-6-3-4-7-10(9)13/h3-4,6-8H,2,5,13H2,1H3. The molecule has 0 radical (unpaired) electrons. The molecule has 1 aromatic carbocycles. The third-order valence-electron chi connectivity index (χ3n) is 2.25. The van der Waals surface area contributed by atoms with E-state index in [9.17, 15) is 0 Å². The van der Waals surface area contributed by atoms with E-state index >= 15 is 0 Å². The van der Waals surface area contributed by atoms with E-state index in [0.717, 1.165) is 35.7 Å². The first kappa shape index (κ1) is 9.77. The number of nitrogen functional groups attached to an aromatic ring is 1. The Hall–Kier alpha value is -1.77. The lowest BCUT2D eigenvalue weighted by Crippen LogP contribution is -1.89. The van der Waals surface area contributed by atoms with Gasteiger partial charge in [0, 0.05) is 17.7 Å². The molecule has 1 heterocycles. The van der Waals surface area contributed by atoms with Crippen molar-refractivity contribution >= 4 is 5.69 Å². The molecule has 0 aliphatic heterocycles. The third kappa shape index (κ3) is 2.01. The smallest absolute Gasteiger partial charge is 0.194 e. The molecule has 0 aliphatic rings. The van der Waals surface area contributed by atoms with Crippen molar-refractivity contribution in [3.05, 3.63) is 36.4 Å².